The van der Waals surface area contributed by atoms with Gasteiger partial charge >= 0.3 is 0 Å². The van der Waals surface area contributed by atoms with E-state index in [4.69, 9.17) is 42.1 Å². The Hall–Kier alpha value is -4.64. The summed E-state index contributed by atoms with van der Waals surface area (Å²) in [5, 5.41) is 13.1. The van der Waals surface area contributed by atoms with Crippen LogP contribution in [-0.2, 0) is 18.0 Å². The second-order valence-corrected chi connectivity index (χ2v) is 9.79. The zero-order valence-corrected chi connectivity index (χ0v) is 24.5. The van der Waals surface area contributed by atoms with Crippen molar-refractivity contribution in [2.24, 2.45) is 0 Å². The third-order valence-corrected chi connectivity index (χ3v) is 6.49. The van der Waals surface area contributed by atoms with Gasteiger partial charge in [-0.3, -0.25) is 4.79 Å². The number of carbonyl (C=O) groups excluding carboxylic acids is 1. The first-order valence-corrected chi connectivity index (χ1v) is 13.8. The van der Waals surface area contributed by atoms with Crippen LogP contribution in [0.5, 0.6) is 23.0 Å². The maximum absolute atomic E-state index is 12.7. The lowest BCUT2D eigenvalue weighted by Gasteiger charge is -2.16. The fraction of sp³-hybridized carbons (Fsp3) is 0.152. The number of hydrogen-bond acceptors (Lipinski definition) is 6. The van der Waals surface area contributed by atoms with Crippen molar-refractivity contribution >= 4 is 40.9 Å². The lowest BCUT2D eigenvalue weighted by atomic mass is 10.1. The molecule has 214 valence electrons. The highest BCUT2D eigenvalue weighted by molar-refractivity contribution is 6.32. The summed E-state index contributed by atoms with van der Waals surface area (Å²) in [7, 11) is 1.48. The average molecular weight is 604 g/mol. The molecule has 7 nitrogen and oxygen atoms in total. The van der Waals surface area contributed by atoms with Crippen molar-refractivity contribution in [3.8, 4) is 29.1 Å². The SMILES string of the molecule is CCOc1cc(COc2c(Cl)cc(/C=C(/C#N)C(=O)Nc3ccc(Cl)cc3)cc2OC)ccc1OCc1ccccc1. The quantitative estimate of drug-likeness (QED) is 0.130. The number of anilines is 1. The van der Waals surface area contributed by atoms with Gasteiger partial charge in [-0.15, -0.1) is 0 Å². The number of ether oxygens (including phenoxy) is 4. The standard InChI is InChI=1S/C33H28Cl2N2O5/c1-3-40-30-17-23(9-14-29(30)41-20-22-7-5-4-6-8-22)21-42-32-28(35)16-24(18-31(32)39-2)15-25(19-36)33(38)37-27-12-10-26(34)11-13-27/h4-18H,3,20-21H2,1-2H3,(H,37,38)/b25-15-. The largest absolute Gasteiger partial charge is 0.493 e. The van der Waals surface area contributed by atoms with Crippen molar-refractivity contribution in [1.29, 1.82) is 5.26 Å². The van der Waals surface area contributed by atoms with Crippen LogP contribution in [0.2, 0.25) is 10.0 Å². The predicted octanol–water partition coefficient (Wildman–Crippen LogP) is 8.10. The molecule has 0 fully saturated rings. The average Bonchev–Trinajstić information content (AvgIpc) is 3.00. The van der Waals surface area contributed by atoms with Crippen LogP contribution in [0.3, 0.4) is 0 Å². The lowest BCUT2D eigenvalue weighted by Crippen LogP contribution is -2.13. The minimum absolute atomic E-state index is 0.116. The number of carbonyl (C=O) groups is 1. The molecule has 0 spiro atoms. The Morgan fingerprint density at radius 2 is 1.60 bits per heavy atom. The summed E-state index contributed by atoms with van der Waals surface area (Å²) in [4.78, 5) is 12.7. The molecule has 4 aromatic carbocycles. The second kappa shape index (κ2) is 14.8. The van der Waals surface area contributed by atoms with Gasteiger partial charge in [0.15, 0.2) is 23.0 Å². The van der Waals surface area contributed by atoms with Gasteiger partial charge < -0.3 is 24.3 Å². The van der Waals surface area contributed by atoms with Crippen molar-refractivity contribution in [1.82, 2.24) is 0 Å². The fourth-order valence-corrected chi connectivity index (χ4v) is 4.33. The van der Waals surface area contributed by atoms with Gasteiger partial charge in [0.05, 0.1) is 18.7 Å². The fourth-order valence-electron chi connectivity index (χ4n) is 3.93. The van der Waals surface area contributed by atoms with Crippen LogP contribution < -0.4 is 24.3 Å². The Bertz CT molecular complexity index is 1600. The summed E-state index contributed by atoms with van der Waals surface area (Å²) >= 11 is 12.5. The van der Waals surface area contributed by atoms with Gasteiger partial charge in [-0.05, 0) is 78.2 Å². The summed E-state index contributed by atoms with van der Waals surface area (Å²) in [6, 6.07) is 27.2. The predicted molar refractivity (Wildman–Crippen MR) is 164 cm³/mol. The first-order valence-electron chi connectivity index (χ1n) is 13.0. The molecule has 1 N–H and O–H groups in total. The van der Waals surface area contributed by atoms with Crippen molar-refractivity contribution in [3.63, 3.8) is 0 Å². The first kappa shape index (κ1) is 30.3. The Kier molecular flexibility index (Phi) is 10.7. The van der Waals surface area contributed by atoms with Gasteiger partial charge in [0.25, 0.3) is 5.91 Å². The zero-order chi connectivity index (χ0) is 29.9. The molecular formula is C33H28Cl2N2O5. The van der Waals surface area contributed by atoms with Crippen molar-refractivity contribution < 1.29 is 23.7 Å². The molecule has 0 aliphatic rings. The first-order chi connectivity index (χ1) is 20.4. The molecule has 42 heavy (non-hydrogen) atoms. The zero-order valence-electron chi connectivity index (χ0n) is 23.0. The Labute approximate surface area is 254 Å². The molecular weight excluding hydrogens is 575 g/mol. The van der Waals surface area contributed by atoms with E-state index in [0.717, 1.165) is 11.1 Å². The Morgan fingerprint density at radius 3 is 2.29 bits per heavy atom. The molecule has 0 aliphatic carbocycles. The summed E-state index contributed by atoms with van der Waals surface area (Å²) in [5.74, 6) is 1.33. The smallest absolute Gasteiger partial charge is 0.266 e. The number of amides is 1. The number of nitriles is 1. The third kappa shape index (κ3) is 8.20. The maximum Gasteiger partial charge on any atom is 0.266 e. The number of hydrogen-bond donors (Lipinski definition) is 1. The minimum atomic E-state index is -0.573. The highest BCUT2D eigenvalue weighted by atomic mass is 35.5. The van der Waals surface area contributed by atoms with Crippen molar-refractivity contribution in [2.45, 2.75) is 20.1 Å². The molecule has 9 heteroatoms. The Morgan fingerprint density at radius 1 is 0.857 bits per heavy atom. The Balaban J connectivity index is 1.48. The van der Waals surface area contributed by atoms with Gasteiger partial charge in [-0.25, -0.2) is 0 Å². The van der Waals surface area contributed by atoms with E-state index < -0.39 is 5.91 Å². The van der Waals surface area contributed by atoms with E-state index in [2.05, 4.69) is 5.32 Å². The molecule has 4 aromatic rings. The molecule has 0 bridgehead atoms. The number of methoxy groups -OCH3 is 1. The normalized spacial score (nSPS) is 10.9. The number of benzene rings is 4. The maximum atomic E-state index is 12.7. The molecule has 0 radical (unpaired) electrons. The van der Waals surface area contributed by atoms with E-state index in [1.807, 2.05) is 61.5 Å². The molecule has 4 rings (SSSR count). The molecule has 0 saturated heterocycles. The van der Waals surface area contributed by atoms with Crippen LogP contribution in [0.1, 0.15) is 23.6 Å². The van der Waals surface area contributed by atoms with E-state index in [9.17, 15) is 10.1 Å². The molecule has 0 atom stereocenters. The number of nitrogens with one attached hydrogen (secondary N) is 1. The monoisotopic (exact) mass is 602 g/mol. The van der Waals surface area contributed by atoms with Crippen molar-refractivity contribution in [3.05, 3.63) is 117 Å². The van der Waals surface area contributed by atoms with E-state index in [1.165, 1.54) is 13.2 Å². The third-order valence-electron chi connectivity index (χ3n) is 5.96. The van der Waals surface area contributed by atoms with Gasteiger partial charge in [-0.2, -0.15) is 5.26 Å². The number of nitrogens with zero attached hydrogens (tertiary/aromatic N) is 1. The van der Waals surface area contributed by atoms with Crippen LogP contribution >= 0.6 is 23.2 Å². The number of rotatable bonds is 12. The lowest BCUT2D eigenvalue weighted by molar-refractivity contribution is -0.112. The molecule has 0 saturated carbocycles. The topological polar surface area (TPSA) is 89.8 Å². The second-order valence-electron chi connectivity index (χ2n) is 8.94. The van der Waals surface area contributed by atoms with Gasteiger partial charge in [0, 0.05) is 10.7 Å². The van der Waals surface area contributed by atoms with Crippen LogP contribution in [-0.4, -0.2) is 19.6 Å². The van der Waals surface area contributed by atoms with Crippen LogP contribution in [0.25, 0.3) is 6.08 Å². The summed E-state index contributed by atoms with van der Waals surface area (Å²) in [5.41, 5.74) is 2.77. The molecule has 1 amide bonds. The van der Waals surface area contributed by atoms with Crippen LogP contribution in [0, 0.1) is 11.3 Å². The van der Waals surface area contributed by atoms with E-state index >= 15 is 0 Å². The van der Waals surface area contributed by atoms with E-state index in [1.54, 1.807) is 36.4 Å². The molecule has 0 unspecified atom stereocenters. The van der Waals surface area contributed by atoms with E-state index in [-0.39, 0.29) is 17.2 Å². The van der Waals surface area contributed by atoms with Gasteiger partial charge in [-0.1, -0.05) is 59.6 Å². The minimum Gasteiger partial charge on any atom is -0.493 e. The molecule has 0 aliphatic heterocycles. The van der Waals surface area contributed by atoms with Crippen molar-refractivity contribution in [2.75, 3.05) is 19.0 Å². The highest BCUT2D eigenvalue weighted by Crippen LogP contribution is 2.38. The van der Waals surface area contributed by atoms with Crippen LogP contribution in [0.15, 0.2) is 90.5 Å². The molecule has 0 aromatic heterocycles. The van der Waals surface area contributed by atoms with E-state index in [0.29, 0.717) is 52.5 Å². The van der Waals surface area contributed by atoms with Gasteiger partial charge in [0.2, 0.25) is 0 Å². The highest BCUT2D eigenvalue weighted by Gasteiger charge is 2.16. The summed E-state index contributed by atoms with van der Waals surface area (Å²) in [6.07, 6.45) is 1.42. The number of halogens is 2. The van der Waals surface area contributed by atoms with Crippen LogP contribution in [0.4, 0.5) is 5.69 Å². The van der Waals surface area contributed by atoms with Gasteiger partial charge in [0.1, 0.15) is 24.9 Å². The summed E-state index contributed by atoms with van der Waals surface area (Å²) in [6.45, 7) is 2.98. The summed E-state index contributed by atoms with van der Waals surface area (Å²) < 4.78 is 23.4. The molecule has 0 heterocycles.